The normalized spacial score (nSPS) is 17.8. The lowest BCUT2D eigenvalue weighted by atomic mass is 10.1. The molecule has 1 aromatic carbocycles. The molecule has 1 aliphatic rings. The van der Waals surface area contributed by atoms with Crippen molar-refractivity contribution in [3.05, 3.63) is 47.0 Å². The molecular weight excluding hydrogens is 254 g/mol. The Labute approximate surface area is 117 Å². The van der Waals surface area contributed by atoms with Crippen LogP contribution in [0.4, 0.5) is 0 Å². The van der Waals surface area contributed by atoms with E-state index in [2.05, 4.69) is 41.3 Å². The van der Waals surface area contributed by atoms with Gasteiger partial charge < -0.3 is 5.11 Å². The number of rotatable bonds is 3. The third-order valence-corrected chi connectivity index (χ3v) is 3.69. The SMILES string of the molecule is Cc1ccc(Cc2nc3n(n2)C(C(=O)O)CCC3)cc1. The Morgan fingerprint density at radius 2 is 2.15 bits per heavy atom. The largest absolute Gasteiger partial charge is 0.480 e. The summed E-state index contributed by atoms with van der Waals surface area (Å²) in [6.07, 6.45) is 2.95. The first-order valence-electron chi connectivity index (χ1n) is 6.86. The lowest BCUT2D eigenvalue weighted by Gasteiger charge is -2.19. The molecule has 0 bridgehead atoms. The van der Waals surface area contributed by atoms with E-state index >= 15 is 0 Å². The van der Waals surface area contributed by atoms with Gasteiger partial charge in [-0.1, -0.05) is 29.8 Å². The van der Waals surface area contributed by atoms with E-state index in [-0.39, 0.29) is 0 Å². The van der Waals surface area contributed by atoms with Gasteiger partial charge in [0.15, 0.2) is 11.9 Å². The first-order valence-corrected chi connectivity index (χ1v) is 6.86. The predicted molar refractivity (Wildman–Crippen MR) is 73.6 cm³/mol. The van der Waals surface area contributed by atoms with Crippen LogP contribution in [0.5, 0.6) is 0 Å². The molecule has 1 N–H and O–H groups in total. The van der Waals surface area contributed by atoms with Crippen LogP contribution in [0, 0.1) is 6.92 Å². The lowest BCUT2D eigenvalue weighted by molar-refractivity contribution is -0.141. The fraction of sp³-hybridized carbons (Fsp3) is 0.400. The number of carboxylic acid groups (broad SMARTS) is 1. The molecule has 2 aromatic rings. The first-order chi connectivity index (χ1) is 9.63. The summed E-state index contributed by atoms with van der Waals surface area (Å²) in [5.74, 6) is 0.681. The van der Waals surface area contributed by atoms with Crippen molar-refractivity contribution in [3.8, 4) is 0 Å². The summed E-state index contributed by atoms with van der Waals surface area (Å²) in [7, 11) is 0. The number of carbonyl (C=O) groups is 1. The fourth-order valence-corrected chi connectivity index (χ4v) is 2.59. The van der Waals surface area contributed by atoms with Gasteiger partial charge in [0, 0.05) is 12.8 Å². The molecule has 2 heterocycles. The highest BCUT2D eigenvalue weighted by Gasteiger charge is 2.28. The van der Waals surface area contributed by atoms with Crippen molar-refractivity contribution in [1.29, 1.82) is 0 Å². The second kappa shape index (κ2) is 5.07. The molecular formula is C15H17N3O2. The number of carboxylic acids is 1. The van der Waals surface area contributed by atoms with Crippen LogP contribution in [-0.4, -0.2) is 25.8 Å². The second-order valence-electron chi connectivity index (χ2n) is 5.30. The van der Waals surface area contributed by atoms with E-state index in [1.165, 1.54) is 5.56 Å². The molecule has 0 aliphatic carbocycles. The molecule has 1 unspecified atom stereocenters. The highest BCUT2D eigenvalue weighted by molar-refractivity contribution is 5.71. The summed E-state index contributed by atoms with van der Waals surface area (Å²) in [6, 6.07) is 7.68. The highest BCUT2D eigenvalue weighted by Crippen LogP contribution is 2.23. The molecule has 104 valence electrons. The number of hydrogen-bond donors (Lipinski definition) is 1. The lowest BCUT2D eigenvalue weighted by Crippen LogP contribution is -2.26. The average molecular weight is 271 g/mol. The average Bonchev–Trinajstić information content (AvgIpc) is 2.83. The summed E-state index contributed by atoms with van der Waals surface area (Å²) in [4.78, 5) is 15.7. The minimum absolute atomic E-state index is 0.557. The van der Waals surface area contributed by atoms with E-state index in [4.69, 9.17) is 0 Å². The molecule has 20 heavy (non-hydrogen) atoms. The van der Waals surface area contributed by atoms with Crippen LogP contribution in [-0.2, 0) is 17.6 Å². The molecule has 1 aromatic heterocycles. The van der Waals surface area contributed by atoms with Gasteiger partial charge in [0.25, 0.3) is 0 Å². The number of aromatic nitrogens is 3. The van der Waals surface area contributed by atoms with Crippen molar-refractivity contribution < 1.29 is 9.90 Å². The topological polar surface area (TPSA) is 68.0 Å². The molecule has 0 spiro atoms. The zero-order chi connectivity index (χ0) is 14.1. The summed E-state index contributed by atoms with van der Waals surface area (Å²) in [6.45, 7) is 2.05. The minimum atomic E-state index is -0.822. The van der Waals surface area contributed by atoms with E-state index < -0.39 is 12.0 Å². The Balaban J connectivity index is 1.85. The Morgan fingerprint density at radius 1 is 1.40 bits per heavy atom. The van der Waals surface area contributed by atoms with E-state index in [1.807, 2.05) is 0 Å². The maximum atomic E-state index is 11.2. The number of hydrogen-bond acceptors (Lipinski definition) is 3. The van der Waals surface area contributed by atoms with Gasteiger partial charge in [0.1, 0.15) is 5.82 Å². The van der Waals surface area contributed by atoms with Crippen molar-refractivity contribution in [2.45, 2.75) is 38.6 Å². The van der Waals surface area contributed by atoms with Crippen LogP contribution in [0.1, 0.15) is 41.7 Å². The van der Waals surface area contributed by atoms with Crippen LogP contribution >= 0.6 is 0 Å². The minimum Gasteiger partial charge on any atom is -0.480 e. The van der Waals surface area contributed by atoms with Gasteiger partial charge in [-0.25, -0.2) is 14.5 Å². The standard InChI is InChI=1S/C15H17N3O2/c1-10-5-7-11(8-6-10)9-13-16-14-4-2-3-12(15(19)20)18(14)17-13/h5-8,12H,2-4,9H2,1H3,(H,19,20). The quantitative estimate of drug-likeness (QED) is 0.928. The number of fused-ring (bicyclic) bond motifs is 1. The molecule has 0 saturated carbocycles. The molecule has 1 atom stereocenters. The smallest absolute Gasteiger partial charge is 0.328 e. The third-order valence-electron chi connectivity index (χ3n) is 3.69. The highest BCUT2D eigenvalue weighted by atomic mass is 16.4. The zero-order valence-electron chi connectivity index (χ0n) is 11.4. The Hall–Kier alpha value is -2.17. The number of benzene rings is 1. The summed E-state index contributed by atoms with van der Waals surface area (Å²) in [5.41, 5.74) is 2.36. The molecule has 0 amide bonds. The van der Waals surface area contributed by atoms with Gasteiger partial charge in [-0.3, -0.25) is 0 Å². The first kappa shape index (κ1) is 12.8. The number of aliphatic carboxylic acids is 1. The van der Waals surface area contributed by atoms with Crippen molar-refractivity contribution in [2.24, 2.45) is 0 Å². The summed E-state index contributed by atoms with van der Waals surface area (Å²) in [5, 5.41) is 13.6. The molecule has 3 rings (SSSR count). The van der Waals surface area contributed by atoms with Gasteiger partial charge in [0.2, 0.25) is 0 Å². The predicted octanol–water partition coefficient (Wildman–Crippen LogP) is 2.14. The molecule has 0 radical (unpaired) electrons. The van der Waals surface area contributed by atoms with Crippen LogP contribution in [0.2, 0.25) is 0 Å². The van der Waals surface area contributed by atoms with Crippen LogP contribution < -0.4 is 0 Å². The second-order valence-corrected chi connectivity index (χ2v) is 5.30. The summed E-state index contributed by atoms with van der Waals surface area (Å²) >= 11 is 0. The Morgan fingerprint density at radius 3 is 2.85 bits per heavy atom. The molecule has 5 heteroatoms. The third kappa shape index (κ3) is 2.43. The maximum Gasteiger partial charge on any atom is 0.328 e. The Bertz CT molecular complexity index is 631. The van der Waals surface area contributed by atoms with Crippen LogP contribution in [0.15, 0.2) is 24.3 Å². The van der Waals surface area contributed by atoms with Crippen LogP contribution in [0.3, 0.4) is 0 Å². The molecule has 1 aliphatic heterocycles. The molecule has 5 nitrogen and oxygen atoms in total. The van der Waals surface area contributed by atoms with Crippen molar-refractivity contribution in [2.75, 3.05) is 0 Å². The molecule has 0 fully saturated rings. The van der Waals surface area contributed by atoms with E-state index in [1.54, 1.807) is 4.68 Å². The molecule has 0 saturated heterocycles. The fourth-order valence-electron chi connectivity index (χ4n) is 2.59. The number of aryl methyl sites for hydroxylation is 2. The van der Waals surface area contributed by atoms with E-state index in [0.29, 0.717) is 18.7 Å². The summed E-state index contributed by atoms with van der Waals surface area (Å²) < 4.78 is 1.59. The van der Waals surface area contributed by atoms with Crippen LogP contribution in [0.25, 0.3) is 0 Å². The monoisotopic (exact) mass is 271 g/mol. The van der Waals surface area contributed by atoms with Gasteiger partial charge >= 0.3 is 5.97 Å². The van der Waals surface area contributed by atoms with E-state index in [9.17, 15) is 9.90 Å². The van der Waals surface area contributed by atoms with Crippen molar-refractivity contribution in [1.82, 2.24) is 14.8 Å². The van der Waals surface area contributed by atoms with E-state index in [0.717, 1.165) is 24.2 Å². The van der Waals surface area contributed by atoms with Crippen molar-refractivity contribution >= 4 is 5.97 Å². The Kier molecular flexibility index (Phi) is 3.26. The van der Waals surface area contributed by atoms with Crippen molar-refractivity contribution in [3.63, 3.8) is 0 Å². The zero-order valence-corrected chi connectivity index (χ0v) is 11.4. The van der Waals surface area contributed by atoms with Gasteiger partial charge in [0.05, 0.1) is 0 Å². The van der Waals surface area contributed by atoms with Gasteiger partial charge in [-0.2, -0.15) is 5.10 Å². The number of nitrogens with zero attached hydrogens (tertiary/aromatic N) is 3. The maximum absolute atomic E-state index is 11.2. The van der Waals surface area contributed by atoms with Gasteiger partial charge in [-0.15, -0.1) is 0 Å². The van der Waals surface area contributed by atoms with Gasteiger partial charge in [-0.05, 0) is 25.3 Å².